The lowest BCUT2D eigenvalue weighted by molar-refractivity contribution is 0.563. The van der Waals surface area contributed by atoms with Crippen LogP contribution in [0.15, 0.2) is 42.5 Å². The number of hydrogen-bond donors (Lipinski definition) is 1. The highest BCUT2D eigenvalue weighted by Gasteiger charge is 2.08. The van der Waals surface area contributed by atoms with Crippen LogP contribution in [0.1, 0.15) is 29.7 Å². The van der Waals surface area contributed by atoms with Gasteiger partial charge in [-0.25, -0.2) is 4.39 Å². The Kier molecular flexibility index (Phi) is 4.56. The summed E-state index contributed by atoms with van der Waals surface area (Å²) in [5.74, 6) is -0.163. The summed E-state index contributed by atoms with van der Waals surface area (Å²) < 4.78 is 13.5. The molecular formula is C16H17ClFN. The second-order valence-electron chi connectivity index (χ2n) is 4.70. The van der Waals surface area contributed by atoms with Gasteiger partial charge in [-0.15, -0.1) is 0 Å². The molecule has 0 aliphatic rings. The van der Waals surface area contributed by atoms with E-state index in [2.05, 4.69) is 5.32 Å². The molecule has 0 spiro atoms. The highest BCUT2D eigenvalue weighted by atomic mass is 35.5. The molecule has 100 valence electrons. The van der Waals surface area contributed by atoms with E-state index in [-0.39, 0.29) is 11.9 Å². The van der Waals surface area contributed by atoms with Crippen LogP contribution in [0.3, 0.4) is 0 Å². The minimum atomic E-state index is -0.163. The molecule has 2 rings (SSSR count). The summed E-state index contributed by atoms with van der Waals surface area (Å²) in [4.78, 5) is 0. The van der Waals surface area contributed by atoms with Gasteiger partial charge in [-0.2, -0.15) is 0 Å². The maximum Gasteiger partial charge on any atom is 0.126 e. The molecule has 0 radical (unpaired) electrons. The zero-order chi connectivity index (χ0) is 13.8. The Bertz CT molecular complexity index is 568. The van der Waals surface area contributed by atoms with Crippen molar-refractivity contribution in [3.63, 3.8) is 0 Å². The number of nitrogens with one attached hydrogen (secondary N) is 1. The van der Waals surface area contributed by atoms with Crippen LogP contribution >= 0.6 is 11.6 Å². The molecule has 1 atom stereocenters. The predicted octanol–water partition coefficient (Wildman–Crippen LogP) is 4.64. The van der Waals surface area contributed by atoms with E-state index >= 15 is 0 Å². The third kappa shape index (κ3) is 3.55. The Morgan fingerprint density at radius 3 is 2.63 bits per heavy atom. The second kappa shape index (κ2) is 6.18. The highest BCUT2D eigenvalue weighted by molar-refractivity contribution is 6.31. The van der Waals surface area contributed by atoms with E-state index < -0.39 is 0 Å². The van der Waals surface area contributed by atoms with Crippen molar-refractivity contribution in [2.75, 3.05) is 0 Å². The largest absolute Gasteiger partial charge is 0.306 e. The summed E-state index contributed by atoms with van der Waals surface area (Å²) in [5.41, 5.74) is 2.65. The molecule has 2 aromatic carbocycles. The second-order valence-corrected chi connectivity index (χ2v) is 5.11. The van der Waals surface area contributed by atoms with E-state index in [0.29, 0.717) is 12.1 Å². The van der Waals surface area contributed by atoms with Crippen LogP contribution < -0.4 is 5.32 Å². The molecule has 2 aromatic rings. The van der Waals surface area contributed by atoms with Crippen molar-refractivity contribution in [2.45, 2.75) is 26.4 Å². The number of hydrogen-bond acceptors (Lipinski definition) is 1. The number of benzene rings is 2. The van der Waals surface area contributed by atoms with Crippen molar-refractivity contribution in [3.05, 3.63) is 70.0 Å². The third-order valence-corrected chi connectivity index (χ3v) is 3.62. The fourth-order valence-corrected chi connectivity index (χ4v) is 2.10. The molecule has 1 N–H and O–H groups in total. The molecule has 0 aliphatic carbocycles. The molecule has 0 fully saturated rings. The van der Waals surface area contributed by atoms with Crippen LogP contribution in [-0.2, 0) is 6.54 Å². The Hall–Kier alpha value is -1.38. The van der Waals surface area contributed by atoms with Crippen molar-refractivity contribution in [2.24, 2.45) is 0 Å². The van der Waals surface area contributed by atoms with Crippen molar-refractivity contribution in [1.29, 1.82) is 0 Å². The van der Waals surface area contributed by atoms with Crippen molar-refractivity contribution in [3.8, 4) is 0 Å². The molecule has 0 aromatic heterocycles. The first-order valence-corrected chi connectivity index (χ1v) is 6.68. The van der Waals surface area contributed by atoms with Gasteiger partial charge in [0.05, 0.1) is 0 Å². The van der Waals surface area contributed by atoms with Gasteiger partial charge in [-0.1, -0.05) is 41.9 Å². The lowest BCUT2D eigenvalue weighted by Crippen LogP contribution is -2.18. The van der Waals surface area contributed by atoms with Gasteiger partial charge in [-0.3, -0.25) is 0 Å². The van der Waals surface area contributed by atoms with E-state index in [1.54, 1.807) is 19.1 Å². The third-order valence-electron chi connectivity index (χ3n) is 3.25. The molecule has 0 saturated carbocycles. The lowest BCUT2D eigenvalue weighted by atomic mass is 10.1. The van der Waals surface area contributed by atoms with Crippen molar-refractivity contribution >= 4 is 11.6 Å². The summed E-state index contributed by atoms with van der Waals surface area (Å²) >= 11 is 6.10. The lowest BCUT2D eigenvalue weighted by Gasteiger charge is -2.15. The summed E-state index contributed by atoms with van der Waals surface area (Å²) in [7, 11) is 0. The monoisotopic (exact) mass is 277 g/mol. The zero-order valence-electron chi connectivity index (χ0n) is 11.1. The van der Waals surface area contributed by atoms with Gasteiger partial charge in [0.2, 0.25) is 0 Å². The zero-order valence-corrected chi connectivity index (χ0v) is 11.8. The van der Waals surface area contributed by atoms with E-state index in [9.17, 15) is 4.39 Å². The molecule has 19 heavy (non-hydrogen) atoms. The van der Waals surface area contributed by atoms with Crippen LogP contribution in [0.25, 0.3) is 0 Å². The maximum absolute atomic E-state index is 13.5. The molecule has 0 aliphatic heterocycles. The Morgan fingerprint density at radius 1 is 1.21 bits per heavy atom. The van der Waals surface area contributed by atoms with E-state index in [0.717, 1.165) is 16.1 Å². The van der Waals surface area contributed by atoms with Gasteiger partial charge < -0.3 is 5.32 Å². The van der Waals surface area contributed by atoms with Crippen molar-refractivity contribution in [1.82, 2.24) is 5.32 Å². The molecule has 0 heterocycles. The van der Waals surface area contributed by atoms with Crippen LogP contribution in [-0.4, -0.2) is 0 Å². The van der Waals surface area contributed by atoms with Gasteiger partial charge in [-0.05, 0) is 42.7 Å². The predicted molar refractivity (Wildman–Crippen MR) is 77.8 cm³/mol. The van der Waals surface area contributed by atoms with Crippen LogP contribution in [0.4, 0.5) is 4.39 Å². The quantitative estimate of drug-likeness (QED) is 0.858. The fraction of sp³-hybridized carbons (Fsp3) is 0.250. The Balaban J connectivity index is 2.03. The first kappa shape index (κ1) is 14.0. The summed E-state index contributed by atoms with van der Waals surface area (Å²) in [6.45, 7) is 4.44. The van der Waals surface area contributed by atoms with Crippen LogP contribution in [0.5, 0.6) is 0 Å². The Labute approximate surface area is 118 Å². The molecule has 3 heteroatoms. The first-order chi connectivity index (χ1) is 9.08. The van der Waals surface area contributed by atoms with Gasteiger partial charge in [0.15, 0.2) is 0 Å². The van der Waals surface area contributed by atoms with E-state index in [4.69, 9.17) is 11.6 Å². The first-order valence-electron chi connectivity index (χ1n) is 6.31. The Morgan fingerprint density at radius 2 is 1.95 bits per heavy atom. The van der Waals surface area contributed by atoms with Gasteiger partial charge in [0.1, 0.15) is 5.82 Å². The SMILES string of the molecule is Cc1ccc(C(C)NCc2ccccc2Cl)cc1F. The van der Waals surface area contributed by atoms with Gasteiger partial charge in [0.25, 0.3) is 0 Å². The molecule has 1 unspecified atom stereocenters. The molecule has 1 nitrogen and oxygen atoms in total. The van der Waals surface area contributed by atoms with Gasteiger partial charge in [0, 0.05) is 17.6 Å². The average Bonchev–Trinajstić information content (AvgIpc) is 2.40. The summed E-state index contributed by atoms with van der Waals surface area (Å²) in [5, 5.41) is 4.10. The number of rotatable bonds is 4. The fourth-order valence-electron chi connectivity index (χ4n) is 1.90. The smallest absolute Gasteiger partial charge is 0.126 e. The van der Waals surface area contributed by atoms with Crippen LogP contribution in [0.2, 0.25) is 5.02 Å². The molecular weight excluding hydrogens is 261 g/mol. The molecule has 0 amide bonds. The minimum absolute atomic E-state index is 0.0753. The summed E-state index contributed by atoms with van der Waals surface area (Å²) in [6.07, 6.45) is 0. The molecule has 0 bridgehead atoms. The van der Waals surface area contributed by atoms with E-state index in [1.165, 1.54) is 0 Å². The highest BCUT2D eigenvalue weighted by Crippen LogP contribution is 2.19. The average molecular weight is 278 g/mol. The standard InChI is InChI=1S/C16H17ClFN/c1-11-7-8-13(9-16(11)18)12(2)19-10-14-5-3-4-6-15(14)17/h3-9,12,19H,10H2,1-2H3. The minimum Gasteiger partial charge on any atom is -0.306 e. The normalized spacial score (nSPS) is 12.4. The van der Waals surface area contributed by atoms with Crippen molar-refractivity contribution < 1.29 is 4.39 Å². The maximum atomic E-state index is 13.5. The van der Waals surface area contributed by atoms with E-state index in [1.807, 2.05) is 37.3 Å². The molecule has 0 saturated heterocycles. The van der Waals surface area contributed by atoms with Gasteiger partial charge >= 0.3 is 0 Å². The topological polar surface area (TPSA) is 12.0 Å². The number of aryl methyl sites for hydroxylation is 1. The number of halogens is 2. The van der Waals surface area contributed by atoms with Crippen LogP contribution in [0, 0.1) is 12.7 Å². The summed E-state index contributed by atoms with van der Waals surface area (Å²) in [6, 6.07) is 13.1.